The summed E-state index contributed by atoms with van der Waals surface area (Å²) in [4.78, 5) is 14.2. The highest BCUT2D eigenvalue weighted by Gasteiger charge is 2.19. The van der Waals surface area contributed by atoms with Crippen LogP contribution in [0.5, 0.6) is 5.75 Å². The molecule has 1 saturated heterocycles. The molecule has 1 fully saturated rings. The molecule has 2 heterocycles. The zero-order valence-corrected chi connectivity index (χ0v) is 13.0. The number of methoxy groups -OCH3 is 1. The summed E-state index contributed by atoms with van der Waals surface area (Å²) in [6.45, 7) is 5.51. The van der Waals surface area contributed by atoms with Crippen LogP contribution in [0.4, 0.5) is 0 Å². The molecule has 1 atom stereocenters. The maximum absolute atomic E-state index is 11.7. The zero-order valence-electron chi connectivity index (χ0n) is 13.0. The fourth-order valence-electron chi connectivity index (χ4n) is 2.93. The van der Waals surface area contributed by atoms with Gasteiger partial charge in [0.25, 0.3) is 0 Å². The van der Waals surface area contributed by atoms with Gasteiger partial charge in [-0.2, -0.15) is 0 Å². The third kappa shape index (κ3) is 4.32. The molecular weight excluding hydrogens is 268 g/mol. The summed E-state index contributed by atoms with van der Waals surface area (Å²) in [5.41, 5.74) is 0.681. The normalized spacial score (nSPS) is 19.8. The van der Waals surface area contributed by atoms with Crippen LogP contribution in [0.2, 0.25) is 0 Å². The van der Waals surface area contributed by atoms with Crippen LogP contribution in [-0.4, -0.2) is 40.9 Å². The number of aryl methyl sites for hydroxylation is 1. The van der Waals surface area contributed by atoms with Gasteiger partial charge in [-0.1, -0.05) is 6.42 Å². The third-order valence-electron chi connectivity index (χ3n) is 4.25. The first-order valence-corrected chi connectivity index (χ1v) is 7.77. The van der Waals surface area contributed by atoms with Crippen LogP contribution in [-0.2, 0) is 17.8 Å². The van der Waals surface area contributed by atoms with Crippen molar-refractivity contribution < 1.29 is 9.84 Å². The fraction of sp³-hybridized carbons (Fsp3) is 0.688. The molecule has 0 amide bonds. The lowest BCUT2D eigenvalue weighted by molar-refractivity contribution is 0.147. The highest BCUT2D eigenvalue weighted by molar-refractivity contribution is 5.20. The first-order valence-electron chi connectivity index (χ1n) is 7.77. The minimum atomic E-state index is -0.294. The van der Waals surface area contributed by atoms with Gasteiger partial charge in [-0.15, -0.1) is 0 Å². The molecule has 0 aliphatic carbocycles. The number of piperidine rings is 1. The van der Waals surface area contributed by atoms with Gasteiger partial charge in [-0.05, 0) is 32.7 Å². The average molecular weight is 294 g/mol. The van der Waals surface area contributed by atoms with E-state index in [2.05, 4.69) is 11.8 Å². The van der Waals surface area contributed by atoms with E-state index in [1.165, 1.54) is 19.3 Å². The van der Waals surface area contributed by atoms with Gasteiger partial charge in [0.2, 0.25) is 5.43 Å². The van der Waals surface area contributed by atoms with Gasteiger partial charge in [0.15, 0.2) is 5.75 Å². The molecule has 1 N–H and O–H groups in total. The summed E-state index contributed by atoms with van der Waals surface area (Å²) in [6.07, 6.45) is 6.14. The molecule has 1 aromatic rings. The summed E-state index contributed by atoms with van der Waals surface area (Å²) in [7, 11) is 1.68. The summed E-state index contributed by atoms with van der Waals surface area (Å²) >= 11 is 0. The molecule has 1 aliphatic heterocycles. The zero-order chi connectivity index (χ0) is 15.2. The maximum Gasteiger partial charge on any atom is 0.223 e. The van der Waals surface area contributed by atoms with Crippen LogP contribution < -0.4 is 5.43 Å². The lowest BCUT2D eigenvalue weighted by Gasteiger charge is -2.34. The molecule has 1 aromatic heterocycles. The van der Waals surface area contributed by atoms with Crippen LogP contribution in [0.3, 0.4) is 0 Å². The van der Waals surface area contributed by atoms with Crippen molar-refractivity contribution in [1.82, 2.24) is 9.47 Å². The van der Waals surface area contributed by atoms with Crippen LogP contribution in [0.25, 0.3) is 0 Å². The summed E-state index contributed by atoms with van der Waals surface area (Å²) in [6, 6.07) is 2.12. The summed E-state index contributed by atoms with van der Waals surface area (Å²) in [5.74, 6) is -0.178. The molecule has 1 unspecified atom stereocenters. The van der Waals surface area contributed by atoms with E-state index in [4.69, 9.17) is 4.74 Å². The molecule has 0 spiro atoms. The predicted molar refractivity (Wildman–Crippen MR) is 82.6 cm³/mol. The molecule has 0 saturated carbocycles. The van der Waals surface area contributed by atoms with Gasteiger partial charge >= 0.3 is 0 Å². The van der Waals surface area contributed by atoms with Crippen molar-refractivity contribution in [3.05, 3.63) is 28.2 Å². The van der Waals surface area contributed by atoms with Crippen LogP contribution in [0.1, 0.15) is 38.3 Å². The van der Waals surface area contributed by atoms with Crippen molar-refractivity contribution in [2.45, 2.75) is 51.7 Å². The number of nitrogens with zero attached hydrogens (tertiary/aromatic N) is 2. The predicted octanol–water partition coefficient (Wildman–Crippen LogP) is 1.96. The van der Waals surface area contributed by atoms with E-state index >= 15 is 0 Å². The SMILES string of the molecule is COCCCn1cc(O)c(=O)cc1CN1CCCCC1C. The van der Waals surface area contributed by atoms with Gasteiger partial charge in [0.05, 0.1) is 6.20 Å². The molecule has 0 aromatic carbocycles. The number of aromatic hydroxyl groups is 1. The second-order valence-electron chi connectivity index (χ2n) is 5.87. The first-order chi connectivity index (χ1) is 10.1. The van der Waals surface area contributed by atoms with E-state index < -0.39 is 0 Å². The van der Waals surface area contributed by atoms with E-state index in [9.17, 15) is 9.90 Å². The Hall–Kier alpha value is -1.33. The van der Waals surface area contributed by atoms with Crippen LogP contribution >= 0.6 is 0 Å². The molecule has 118 valence electrons. The van der Waals surface area contributed by atoms with Gasteiger partial charge in [0.1, 0.15) is 0 Å². The Morgan fingerprint density at radius 3 is 2.95 bits per heavy atom. The Labute approximate surface area is 126 Å². The van der Waals surface area contributed by atoms with Crippen molar-refractivity contribution in [1.29, 1.82) is 0 Å². The quantitative estimate of drug-likeness (QED) is 0.815. The molecule has 21 heavy (non-hydrogen) atoms. The number of aromatic nitrogens is 1. The fourth-order valence-corrected chi connectivity index (χ4v) is 2.93. The minimum absolute atomic E-state index is 0.178. The van der Waals surface area contributed by atoms with Crippen molar-refractivity contribution in [2.24, 2.45) is 0 Å². The van der Waals surface area contributed by atoms with Gasteiger partial charge < -0.3 is 14.4 Å². The largest absolute Gasteiger partial charge is 0.503 e. The van der Waals surface area contributed by atoms with Crippen LogP contribution in [0.15, 0.2) is 17.1 Å². The smallest absolute Gasteiger partial charge is 0.223 e. The van der Waals surface area contributed by atoms with E-state index in [0.29, 0.717) is 12.6 Å². The van der Waals surface area contributed by atoms with Crippen molar-refractivity contribution >= 4 is 0 Å². The van der Waals surface area contributed by atoms with Crippen molar-refractivity contribution in [3.63, 3.8) is 0 Å². The molecule has 2 rings (SSSR count). The van der Waals surface area contributed by atoms with Crippen molar-refractivity contribution in [3.8, 4) is 5.75 Å². The maximum atomic E-state index is 11.7. The van der Waals surface area contributed by atoms with Crippen molar-refractivity contribution in [2.75, 3.05) is 20.3 Å². The number of hydrogen-bond donors (Lipinski definition) is 1. The number of rotatable bonds is 6. The second kappa shape index (κ2) is 7.61. The molecule has 0 bridgehead atoms. The highest BCUT2D eigenvalue weighted by atomic mass is 16.5. The number of pyridine rings is 1. The lowest BCUT2D eigenvalue weighted by atomic mass is 10.0. The summed E-state index contributed by atoms with van der Waals surface area (Å²) in [5, 5.41) is 9.66. The average Bonchev–Trinajstić information content (AvgIpc) is 2.46. The van der Waals surface area contributed by atoms with E-state index in [1.807, 2.05) is 4.57 Å². The Bertz CT molecular complexity index is 513. The molecule has 5 nitrogen and oxygen atoms in total. The van der Waals surface area contributed by atoms with Gasteiger partial charge in [-0.25, -0.2) is 0 Å². The molecule has 0 radical (unpaired) electrons. The Morgan fingerprint density at radius 2 is 2.24 bits per heavy atom. The Kier molecular flexibility index (Phi) is 5.82. The standard InChI is InChI=1S/C16H26N2O3/c1-13-6-3-4-7-17(13)11-14-10-15(19)16(20)12-18(14)8-5-9-21-2/h10,12-13,20H,3-9,11H2,1-2H3. The molecule has 5 heteroatoms. The number of ether oxygens (including phenoxy) is 1. The Morgan fingerprint density at radius 1 is 1.43 bits per heavy atom. The second-order valence-corrected chi connectivity index (χ2v) is 5.87. The van der Waals surface area contributed by atoms with Crippen LogP contribution in [0, 0.1) is 0 Å². The van der Waals surface area contributed by atoms with Gasteiger partial charge in [-0.3, -0.25) is 9.69 Å². The monoisotopic (exact) mass is 294 g/mol. The van der Waals surface area contributed by atoms with E-state index in [1.54, 1.807) is 19.4 Å². The highest BCUT2D eigenvalue weighted by Crippen LogP contribution is 2.19. The van der Waals surface area contributed by atoms with Gasteiger partial charge in [0, 0.05) is 44.6 Å². The summed E-state index contributed by atoms with van der Waals surface area (Å²) < 4.78 is 7.06. The lowest BCUT2D eigenvalue weighted by Crippen LogP contribution is -2.37. The number of likely N-dealkylation sites (tertiary alicyclic amines) is 1. The number of hydrogen-bond acceptors (Lipinski definition) is 4. The first kappa shape index (κ1) is 16.0. The van der Waals surface area contributed by atoms with E-state index in [-0.39, 0.29) is 11.2 Å². The minimum Gasteiger partial charge on any atom is -0.503 e. The Balaban J connectivity index is 2.15. The topological polar surface area (TPSA) is 54.7 Å². The molecule has 1 aliphatic rings. The third-order valence-corrected chi connectivity index (χ3v) is 4.25. The molecular formula is C16H26N2O3. The van der Waals surface area contributed by atoms with E-state index in [0.717, 1.165) is 31.7 Å².